The highest BCUT2D eigenvalue weighted by atomic mass is 32.2. The second-order valence-electron chi connectivity index (χ2n) is 13.0. The van der Waals surface area contributed by atoms with Crippen LogP contribution in [0.5, 0.6) is 0 Å². The second kappa shape index (κ2) is 13.9. The Morgan fingerprint density at radius 3 is 2.51 bits per heavy atom. The van der Waals surface area contributed by atoms with Crippen LogP contribution in [0, 0.1) is 17.8 Å². The molecular formula is C34H43N9O3S. The van der Waals surface area contributed by atoms with E-state index < -0.39 is 10.0 Å². The van der Waals surface area contributed by atoms with E-state index in [4.69, 9.17) is 4.98 Å². The van der Waals surface area contributed by atoms with Gasteiger partial charge < -0.3 is 19.7 Å². The van der Waals surface area contributed by atoms with Gasteiger partial charge in [0.25, 0.3) is 5.56 Å². The maximum Gasteiger partial charge on any atom is 0.268 e. The molecule has 0 aliphatic carbocycles. The molecule has 248 valence electrons. The van der Waals surface area contributed by atoms with Crippen molar-refractivity contribution < 1.29 is 8.42 Å². The Balaban J connectivity index is 1.30. The van der Waals surface area contributed by atoms with E-state index in [-0.39, 0.29) is 18.0 Å². The number of likely N-dealkylation sites (N-methyl/N-ethyl adjacent to an activating group) is 2. The lowest BCUT2D eigenvalue weighted by Gasteiger charge is -2.27. The van der Waals surface area contributed by atoms with E-state index in [0.29, 0.717) is 54.4 Å². The third-order valence-electron chi connectivity index (χ3n) is 9.08. The summed E-state index contributed by atoms with van der Waals surface area (Å²) in [6, 6.07) is 10.2. The number of imidazole rings is 1. The van der Waals surface area contributed by atoms with Gasteiger partial charge in [0.1, 0.15) is 11.5 Å². The Morgan fingerprint density at radius 1 is 1.06 bits per heavy atom. The maximum absolute atomic E-state index is 14.0. The van der Waals surface area contributed by atoms with Gasteiger partial charge in [0.2, 0.25) is 16.0 Å². The van der Waals surface area contributed by atoms with Crippen LogP contribution in [0.2, 0.25) is 0 Å². The van der Waals surface area contributed by atoms with Gasteiger partial charge in [-0.05, 0) is 76.6 Å². The van der Waals surface area contributed by atoms with Crippen LogP contribution < -0.4 is 10.9 Å². The fourth-order valence-corrected chi connectivity index (χ4v) is 7.16. The molecular weight excluding hydrogens is 615 g/mol. The van der Waals surface area contributed by atoms with Crippen LogP contribution in [-0.2, 0) is 23.1 Å². The van der Waals surface area contributed by atoms with Crippen molar-refractivity contribution in [3.8, 4) is 11.8 Å². The molecule has 0 spiro atoms. The average Bonchev–Trinajstić information content (AvgIpc) is 3.69. The molecule has 1 N–H and O–H groups in total. The first-order chi connectivity index (χ1) is 22.5. The van der Waals surface area contributed by atoms with Crippen molar-refractivity contribution in [2.45, 2.75) is 38.3 Å². The molecule has 6 rings (SSSR count). The Hall–Kier alpha value is -4.09. The van der Waals surface area contributed by atoms with E-state index in [1.165, 1.54) is 16.1 Å². The molecule has 0 amide bonds. The predicted octanol–water partition coefficient (Wildman–Crippen LogP) is 2.78. The van der Waals surface area contributed by atoms with Gasteiger partial charge >= 0.3 is 0 Å². The number of nitrogens with zero attached hydrogens (tertiary/aromatic N) is 8. The Bertz CT molecular complexity index is 1950. The van der Waals surface area contributed by atoms with Gasteiger partial charge in [-0.25, -0.2) is 22.7 Å². The first-order valence-corrected chi connectivity index (χ1v) is 18.0. The minimum Gasteiger partial charge on any atom is -0.332 e. The molecule has 4 aromatic rings. The Kier molecular flexibility index (Phi) is 9.75. The average molecular weight is 658 g/mol. The number of sulfonamides is 1. The maximum atomic E-state index is 14.0. The molecule has 47 heavy (non-hydrogen) atoms. The summed E-state index contributed by atoms with van der Waals surface area (Å²) in [5.41, 5.74) is 2.79. The molecule has 2 aliphatic rings. The van der Waals surface area contributed by atoms with Gasteiger partial charge in [-0.1, -0.05) is 24.0 Å². The van der Waals surface area contributed by atoms with E-state index in [0.717, 1.165) is 44.1 Å². The monoisotopic (exact) mass is 657 g/mol. The van der Waals surface area contributed by atoms with Gasteiger partial charge in [-0.2, -0.15) is 4.98 Å². The van der Waals surface area contributed by atoms with Crippen molar-refractivity contribution in [2.24, 2.45) is 5.92 Å². The normalized spacial score (nSPS) is 18.1. The van der Waals surface area contributed by atoms with Gasteiger partial charge in [0, 0.05) is 68.3 Å². The van der Waals surface area contributed by atoms with Crippen LogP contribution in [0.1, 0.15) is 42.1 Å². The molecule has 0 radical (unpaired) electrons. The quantitative estimate of drug-likeness (QED) is 0.271. The molecule has 12 nitrogen and oxygen atoms in total. The zero-order chi connectivity index (χ0) is 33.1. The number of hydrogen-bond donors (Lipinski definition) is 1. The summed E-state index contributed by atoms with van der Waals surface area (Å²) in [6.45, 7) is 4.83. The van der Waals surface area contributed by atoms with E-state index in [1.807, 2.05) is 20.3 Å². The molecule has 13 heteroatoms. The molecule has 1 aromatic carbocycles. The summed E-state index contributed by atoms with van der Waals surface area (Å²) in [7, 11) is 2.98. The van der Waals surface area contributed by atoms with Crippen molar-refractivity contribution in [2.75, 3.05) is 65.4 Å². The minimum atomic E-state index is -3.22. The number of benzene rings is 1. The van der Waals surface area contributed by atoms with E-state index >= 15 is 0 Å². The molecule has 1 atom stereocenters. The van der Waals surface area contributed by atoms with E-state index in [2.05, 4.69) is 72.8 Å². The fraction of sp³-hybridized carbons (Fsp3) is 0.471. The molecule has 1 unspecified atom stereocenters. The largest absolute Gasteiger partial charge is 0.332 e. The standard InChI is InChI=1S/C34H43N9O3S/c1-39(2)19-20-41-18-14-35-31(41)24-43-32-29(21-27(33(43)44)6-5-25-11-16-42(17-12-25)47(4,45)46)22-36-34(38-32)37-30-9-7-26(8-10-30)28-13-15-40(3)23-28/h7-10,14,18,21-22,25,28H,11-13,15-17,19-20,23-24H2,1-4H3,(H,36,37,38). The predicted molar refractivity (Wildman–Crippen MR) is 184 cm³/mol. The highest BCUT2D eigenvalue weighted by molar-refractivity contribution is 7.88. The van der Waals surface area contributed by atoms with Crippen molar-refractivity contribution in [1.29, 1.82) is 0 Å². The molecule has 5 heterocycles. The van der Waals surface area contributed by atoms with Gasteiger partial charge in [-0.15, -0.1) is 0 Å². The molecule has 3 aromatic heterocycles. The van der Waals surface area contributed by atoms with Gasteiger partial charge in [0.15, 0.2) is 0 Å². The Morgan fingerprint density at radius 2 is 1.83 bits per heavy atom. The SMILES string of the molecule is CN(C)CCn1ccnc1Cn1c(=O)c(C#CC2CCN(S(C)(=O)=O)CC2)cc2cnc(Nc3ccc(C4CCN(C)C4)cc3)nc21. The van der Waals surface area contributed by atoms with Gasteiger partial charge in [-0.3, -0.25) is 9.36 Å². The number of pyridine rings is 1. The van der Waals surface area contributed by atoms with Crippen molar-refractivity contribution in [3.63, 3.8) is 0 Å². The molecule has 2 saturated heterocycles. The van der Waals surface area contributed by atoms with Crippen molar-refractivity contribution in [3.05, 3.63) is 76.2 Å². The summed E-state index contributed by atoms with van der Waals surface area (Å²) in [6.07, 6.45) is 9.04. The number of aromatic nitrogens is 5. The molecule has 0 bridgehead atoms. The number of likely N-dealkylation sites (tertiary alicyclic amines) is 1. The number of hydrogen-bond acceptors (Lipinski definition) is 9. The summed E-state index contributed by atoms with van der Waals surface area (Å²) in [4.78, 5) is 32.5. The van der Waals surface area contributed by atoms with Crippen LogP contribution in [0.3, 0.4) is 0 Å². The summed E-state index contributed by atoms with van der Waals surface area (Å²) in [5.74, 6) is 8.07. The van der Waals surface area contributed by atoms with Gasteiger partial charge in [0.05, 0.1) is 18.4 Å². The van der Waals surface area contributed by atoms with Crippen molar-refractivity contribution >= 4 is 32.7 Å². The lowest BCUT2D eigenvalue weighted by atomic mass is 9.98. The first kappa shape index (κ1) is 32.8. The first-order valence-electron chi connectivity index (χ1n) is 16.1. The van der Waals surface area contributed by atoms with Crippen LogP contribution in [0.25, 0.3) is 11.0 Å². The molecule has 2 fully saturated rings. The highest BCUT2D eigenvalue weighted by Crippen LogP contribution is 2.28. The third kappa shape index (κ3) is 7.90. The van der Waals surface area contributed by atoms with E-state index in [1.54, 1.807) is 23.0 Å². The Labute approximate surface area is 276 Å². The third-order valence-corrected chi connectivity index (χ3v) is 10.4. The molecule has 0 saturated carbocycles. The summed E-state index contributed by atoms with van der Waals surface area (Å²) in [5, 5.41) is 4.01. The zero-order valence-corrected chi connectivity index (χ0v) is 28.4. The van der Waals surface area contributed by atoms with Crippen LogP contribution in [-0.4, -0.2) is 107 Å². The minimum absolute atomic E-state index is 0.00488. The lowest BCUT2D eigenvalue weighted by molar-refractivity contribution is 0.313. The summed E-state index contributed by atoms with van der Waals surface area (Å²) < 4.78 is 29.0. The zero-order valence-electron chi connectivity index (χ0n) is 27.6. The molecule has 2 aliphatic heterocycles. The number of fused-ring (bicyclic) bond motifs is 1. The fourth-order valence-electron chi connectivity index (χ4n) is 6.29. The van der Waals surface area contributed by atoms with Crippen LogP contribution >= 0.6 is 0 Å². The van der Waals surface area contributed by atoms with Crippen molar-refractivity contribution in [1.82, 2.24) is 38.2 Å². The number of nitrogens with one attached hydrogen (secondary N) is 1. The summed E-state index contributed by atoms with van der Waals surface area (Å²) >= 11 is 0. The van der Waals surface area contributed by atoms with Crippen LogP contribution in [0.15, 0.2) is 53.7 Å². The smallest absolute Gasteiger partial charge is 0.268 e. The number of anilines is 2. The van der Waals surface area contributed by atoms with E-state index in [9.17, 15) is 13.2 Å². The number of rotatable bonds is 9. The topological polar surface area (TPSA) is 121 Å². The lowest BCUT2D eigenvalue weighted by Crippen LogP contribution is -2.37. The number of piperidine rings is 1. The van der Waals surface area contributed by atoms with Crippen LogP contribution in [0.4, 0.5) is 11.6 Å². The second-order valence-corrected chi connectivity index (χ2v) is 14.9. The highest BCUT2D eigenvalue weighted by Gasteiger charge is 2.24.